The molecule has 2 aromatic rings. The Morgan fingerprint density at radius 1 is 1.06 bits per heavy atom. The third kappa shape index (κ3) is 6.10. The maximum absolute atomic E-state index is 13.9. The molecule has 170 valence electrons. The minimum atomic E-state index is -4.31. The molecule has 0 saturated heterocycles. The predicted octanol–water partition coefficient (Wildman–Crippen LogP) is 2.12. The van der Waals surface area contributed by atoms with Gasteiger partial charge in [-0.1, -0.05) is 38.1 Å². The number of hydrogen-bond donors (Lipinski definition) is 1. The van der Waals surface area contributed by atoms with Crippen LogP contribution in [-0.2, 0) is 36.2 Å². The van der Waals surface area contributed by atoms with E-state index in [2.05, 4.69) is 4.72 Å². The van der Waals surface area contributed by atoms with Gasteiger partial charge in [0.2, 0.25) is 20.0 Å². The molecule has 0 radical (unpaired) electrons. The summed E-state index contributed by atoms with van der Waals surface area (Å²) in [5, 5.41) is 0. The first-order valence-corrected chi connectivity index (χ1v) is 12.2. The molecule has 0 unspecified atom stereocenters. The van der Waals surface area contributed by atoms with Gasteiger partial charge in [0, 0.05) is 14.1 Å². The van der Waals surface area contributed by atoms with Crippen LogP contribution in [0.1, 0.15) is 19.4 Å². The highest BCUT2D eigenvalue weighted by atomic mass is 32.2. The van der Waals surface area contributed by atoms with Crippen LogP contribution >= 0.6 is 0 Å². The first kappa shape index (κ1) is 24.9. The second-order valence-electron chi connectivity index (χ2n) is 7.32. The standard InChI is InChI=1S/C20H25FN2O6S2/c1-14(2)19(22-30(25,26)18-11-6-5-10-17(18)21)20(24)29-13-15-8-7-9-16(12-15)31(27,28)23(3)4/h5-12,14,19,22H,13H2,1-4H3/t19-/m0/s1. The molecule has 11 heteroatoms. The molecular weight excluding hydrogens is 447 g/mol. The van der Waals surface area contributed by atoms with Gasteiger partial charge in [-0.05, 0) is 35.7 Å². The molecule has 0 saturated carbocycles. The number of sulfonamides is 2. The van der Waals surface area contributed by atoms with Gasteiger partial charge in [-0.2, -0.15) is 4.72 Å². The van der Waals surface area contributed by atoms with Crippen LogP contribution in [-0.4, -0.2) is 47.2 Å². The summed E-state index contributed by atoms with van der Waals surface area (Å²) < 4.78 is 72.0. The van der Waals surface area contributed by atoms with E-state index in [-0.39, 0.29) is 11.5 Å². The van der Waals surface area contributed by atoms with Crippen molar-refractivity contribution in [2.75, 3.05) is 14.1 Å². The molecule has 0 aliphatic heterocycles. The monoisotopic (exact) mass is 472 g/mol. The molecular formula is C20H25FN2O6S2. The van der Waals surface area contributed by atoms with Crippen molar-refractivity contribution in [1.29, 1.82) is 0 Å². The Morgan fingerprint density at radius 2 is 1.71 bits per heavy atom. The van der Waals surface area contributed by atoms with Gasteiger partial charge >= 0.3 is 5.97 Å². The number of carbonyl (C=O) groups is 1. The summed E-state index contributed by atoms with van der Waals surface area (Å²) in [5.41, 5.74) is 0.413. The smallest absolute Gasteiger partial charge is 0.324 e. The molecule has 2 aromatic carbocycles. The Balaban J connectivity index is 2.17. The molecule has 1 N–H and O–H groups in total. The Labute approximate surface area is 182 Å². The van der Waals surface area contributed by atoms with Crippen molar-refractivity contribution in [2.24, 2.45) is 5.92 Å². The fraction of sp³-hybridized carbons (Fsp3) is 0.350. The predicted molar refractivity (Wildman–Crippen MR) is 112 cm³/mol. The third-order valence-corrected chi connectivity index (χ3v) is 7.67. The normalized spacial score (nSPS) is 13.4. The molecule has 31 heavy (non-hydrogen) atoms. The Kier molecular flexibility index (Phi) is 7.93. The Hall–Kier alpha value is -2.34. The number of ether oxygens (including phenoxy) is 1. The van der Waals surface area contributed by atoms with Crippen molar-refractivity contribution < 1.29 is 30.8 Å². The summed E-state index contributed by atoms with van der Waals surface area (Å²) in [5.74, 6) is -2.30. The van der Waals surface area contributed by atoms with E-state index in [1.807, 2.05) is 0 Å². The molecule has 8 nitrogen and oxygen atoms in total. The molecule has 0 heterocycles. The average molecular weight is 473 g/mol. The van der Waals surface area contributed by atoms with Crippen LogP contribution in [0, 0.1) is 11.7 Å². The van der Waals surface area contributed by atoms with Crippen molar-refractivity contribution in [3.63, 3.8) is 0 Å². The van der Waals surface area contributed by atoms with E-state index in [1.165, 1.54) is 44.4 Å². The number of halogens is 1. The summed E-state index contributed by atoms with van der Waals surface area (Å²) in [4.78, 5) is 12.0. The van der Waals surface area contributed by atoms with E-state index in [0.29, 0.717) is 5.56 Å². The first-order valence-electron chi connectivity index (χ1n) is 9.31. The van der Waals surface area contributed by atoms with Crippen LogP contribution in [0.25, 0.3) is 0 Å². The minimum absolute atomic E-state index is 0.0340. The number of hydrogen-bond acceptors (Lipinski definition) is 6. The van der Waals surface area contributed by atoms with E-state index in [9.17, 15) is 26.0 Å². The Morgan fingerprint density at radius 3 is 2.29 bits per heavy atom. The highest BCUT2D eigenvalue weighted by Crippen LogP contribution is 2.18. The van der Waals surface area contributed by atoms with Crippen LogP contribution in [0.15, 0.2) is 58.3 Å². The number of nitrogens with one attached hydrogen (secondary N) is 1. The molecule has 0 aliphatic carbocycles. The SMILES string of the molecule is CC(C)[C@H](NS(=O)(=O)c1ccccc1F)C(=O)OCc1cccc(S(=O)(=O)N(C)C)c1. The van der Waals surface area contributed by atoms with Crippen molar-refractivity contribution in [3.05, 3.63) is 59.9 Å². The highest BCUT2D eigenvalue weighted by Gasteiger charge is 2.31. The average Bonchev–Trinajstić information content (AvgIpc) is 2.70. The second kappa shape index (κ2) is 9.86. The molecule has 0 aliphatic rings. The molecule has 0 aromatic heterocycles. The largest absolute Gasteiger partial charge is 0.460 e. The van der Waals surface area contributed by atoms with Crippen LogP contribution in [0.2, 0.25) is 0 Å². The minimum Gasteiger partial charge on any atom is -0.460 e. The van der Waals surface area contributed by atoms with E-state index in [1.54, 1.807) is 19.9 Å². The lowest BCUT2D eigenvalue weighted by molar-refractivity contribution is -0.148. The lowest BCUT2D eigenvalue weighted by Gasteiger charge is -2.21. The van der Waals surface area contributed by atoms with Gasteiger partial charge in [-0.3, -0.25) is 4.79 Å². The van der Waals surface area contributed by atoms with Crippen molar-refractivity contribution >= 4 is 26.0 Å². The zero-order valence-electron chi connectivity index (χ0n) is 17.6. The molecule has 2 rings (SSSR count). The number of esters is 1. The molecule has 0 bridgehead atoms. The summed E-state index contributed by atoms with van der Waals surface area (Å²) in [6.45, 7) is 2.96. The van der Waals surface area contributed by atoms with E-state index < -0.39 is 48.7 Å². The fourth-order valence-corrected chi connectivity index (χ4v) is 4.99. The van der Waals surface area contributed by atoms with Crippen LogP contribution < -0.4 is 4.72 Å². The van der Waals surface area contributed by atoms with Gasteiger partial charge in [-0.25, -0.2) is 25.5 Å². The maximum atomic E-state index is 13.9. The number of rotatable bonds is 9. The van der Waals surface area contributed by atoms with Gasteiger partial charge in [0.1, 0.15) is 23.4 Å². The number of carbonyl (C=O) groups excluding carboxylic acids is 1. The lowest BCUT2D eigenvalue weighted by Crippen LogP contribution is -2.45. The van der Waals surface area contributed by atoms with Gasteiger partial charge in [-0.15, -0.1) is 0 Å². The zero-order valence-corrected chi connectivity index (χ0v) is 19.2. The molecule has 0 fully saturated rings. The summed E-state index contributed by atoms with van der Waals surface area (Å²) in [6, 6.07) is 9.44. The maximum Gasteiger partial charge on any atom is 0.324 e. The number of nitrogens with zero attached hydrogens (tertiary/aromatic N) is 1. The molecule has 1 atom stereocenters. The van der Waals surface area contributed by atoms with E-state index in [0.717, 1.165) is 16.4 Å². The lowest BCUT2D eigenvalue weighted by atomic mass is 10.1. The van der Waals surface area contributed by atoms with Gasteiger partial charge in [0.15, 0.2) is 0 Å². The highest BCUT2D eigenvalue weighted by molar-refractivity contribution is 7.89. The third-order valence-electron chi connectivity index (χ3n) is 4.39. The summed E-state index contributed by atoms with van der Waals surface area (Å²) in [7, 11) is -5.17. The van der Waals surface area contributed by atoms with Crippen LogP contribution in [0.4, 0.5) is 4.39 Å². The fourth-order valence-electron chi connectivity index (χ4n) is 2.60. The van der Waals surface area contributed by atoms with Gasteiger partial charge < -0.3 is 4.74 Å². The zero-order chi connectivity index (χ0) is 23.4. The second-order valence-corrected chi connectivity index (χ2v) is 11.2. The molecule has 0 amide bonds. The topological polar surface area (TPSA) is 110 Å². The first-order chi connectivity index (χ1) is 14.4. The summed E-state index contributed by atoms with van der Waals surface area (Å²) >= 11 is 0. The van der Waals surface area contributed by atoms with Gasteiger partial charge in [0.25, 0.3) is 0 Å². The number of benzene rings is 2. The van der Waals surface area contributed by atoms with Gasteiger partial charge in [0.05, 0.1) is 4.90 Å². The molecule has 0 spiro atoms. The van der Waals surface area contributed by atoms with E-state index in [4.69, 9.17) is 4.74 Å². The Bertz CT molecular complexity index is 1150. The van der Waals surface area contributed by atoms with Crippen molar-refractivity contribution in [3.8, 4) is 0 Å². The van der Waals surface area contributed by atoms with E-state index >= 15 is 0 Å². The van der Waals surface area contributed by atoms with Crippen molar-refractivity contribution in [2.45, 2.75) is 36.3 Å². The summed E-state index contributed by atoms with van der Waals surface area (Å²) in [6.07, 6.45) is 0. The van der Waals surface area contributed by atoms with Crippen LogP contribution in [0.5, 0.6) is 0 Å². The van der Waals surface area contributed by atoms with Crippen LogP contribution in [0.3, 0.4) is 0 Å². The van der Waals surface area contributed by atoms with Crippen molar-refractivity contribution in [1.82, 2.24) is 9.03 Å². The quantitative estimate of drug-likeness (QED) is 0.560.